The van der Waals surface area contributed by atoms with E-state index >= 15 is 0 Å². The summed E-state index contributed by atoms with van der Waals surface area (Å²) in [4.78, 5) is 17.6. The number of hydrogen-bond acceptors (Lipinski definition) is 3. The van der Waals surface area contributed by atoms with E-state index in [2.05, 4.69) is 58.3 Å². The molecule has 1 N–H and O–H groups in total. The second-order valence-corrected chi connectivity index (χ2v) is 8.78. The van der Waals surface area contributed by atoms with Gasteiger partial charge >= 0.3 is 0 Å². The van der Waals surface area contributed by atoms with Crippen molar-refractivity contribution in [1.29, 1.82) is 0 Å². The van der Waals surface area contributed by atoms with E-state index in [1.807, 2.05) is 12.1 Å². The molecule has 4 heteroatoms. The third-order valence-corrected chi connectivity index (χ3v) is 6.79. The molecule has 28 heavy (non-hydrogen) atoms. The number of hydrogen-bond donors (Lipinski definition) is 1. The maximum Gasteiger partial charge on any atom is 0.223 e. The highest BCUT2D eigenvalue weighted by Crippen LogP contribution is 2.54. The van der Waals surface area contributed by atoms with Gasteiger partial charge in [0.05, 0.1) is 18.2 Å². The summed E-state index contributed by atoms with van der Waals surface area (Å²) in [5, 5.41) is 10.1. The lowest BCUT2D eigenvalue weighted by Crippen LogP contribution is -2.85. The monoisotopic (exact) mass is 376 g/mol. The Morgan fingerprint density at radius 2 is 1.64 bits per heavy atom. The minimum atomic E-state index is -0.157. The Balaban J connectivity index is 1.38. The van der Waals surface area contributed by atoms with Crippen molar-refractivity contribution in [3.8, 4) is 0 Å². The summed E-state index contributed by atoms with van der Waals surface area (Å²) < 4.78 is 0. The number of nitrogens with zero attached hydrogens (tertiary/aromatic N) is 2. The number of carbonyl (C=O) groups excluding carboxylic acids is 1. The minimum absolute atomic E-state index is 0.0381. The van der Waals surface area contributed by atoms with Crippen molar-refractivity contribution in [2.24, 2.45) is 5.92 Å². The standard InChI is InChI=1S/C24H28N2O2/c27-15-21-23(20-9-5-2-6-10-20)24(26(21)22(28)13-18-11-12-18)16-25(17-24)14-19-7-3-1-4-8-19/h1-10,18,21,23,27H,11-17H2/t21-,23+/m0/s1. The van der Waals surface area contributed by atoms with Gasteiger partial charge in [-0.15, -0.1) is 0 Å². The zero-order valence-electron chi connectivity index (χ0n) is 16.2. The molecule has 0 radical (unpaired) electrons. The Morgan fingerprint density at radius 1 is 1.00 bits per heavy atom. The van der Waals surface area contributed by atoms with Gasteiger partial charge in [-0.05, 0) is 29.9 Å². The molecule has 2 heterocycles. The van der Waals surface area contributed by atoms with Crippen molar-refractivity contribution in [3.63, 3.8) is 0 Å². The van der Waals surface area contributed by atoms with Gasteiger partial charge in [-0.3, -0.25) is 9.69 Å². The molecule has 2 saturated heterocycles. The van der Waals surface area contributed by atoms with Crippen LogP contribution in [-0.4, -0.2) is 52.1 Å². The van der Waals surface area contributed by atoms with Gasteiger partial charge in [0, 0.05) is 32.0 Å². The second kappa shape index (κ2) is 7.02. The smallest absolute Gasteiger partial charge is 0.223 e. The van der Waals surface area contributed by atoms with Gasteiger partial charge in [0.15, 0.2) is 0 Å². The molecule has 5 rings (SSSR count). The van der Waals surface area contributed by atoms with Crippen molar-refractivity contribution < 1.29 is 9.90 Å². The molecule has 146 valence electrons. The van der Waals surface area contributed by atoms with Gasteiger partial charge in [-0.2, -0.15) is 0 Å². The van der Waals surface area contributed by atoms with E-state index in [-0.39, 0.29) is 30.0 Å². The second-order valence-electron chi connectivity index (χ2n) is 8.78. The summed E-state index contributed by atoms with van der Waals surface area (Å²) in [7, 11) is 0. The van der Waals surface area contributed by atoms with Crippen LogP contribution in [0.3, 0.4) is 0 Å². The topological polar surface area (TPSA) is 43.8 Å². The first-order valence-corrected chi connectivity index (χ1v) is 10.5. The average molecular weight is 377 g/mol. The van der Waals surface area contributed by atoms with E-state index < -0.39 is 0 Å². The van der Waals surface area contributed by atoms with Gasteiger partial charge in [0.2, 0.25) is 5.91 Å². The fraction of sp³-hybridized carbons (Fsp3) is 0.458. The van der Waals surface area contributed by atoms with Crippen molar-refractivity contribution in [1.82, 2.24) is 9.80 Å². The molecular formula is C24H28N2O2. The average Bonchev–Trinajstić information content (AvgIpc) is 3.48. The highest BCUT2D eigenvalue weighted by molar-refractivity contribution is 5.80. The number of rotatable bonds is 6. The largest absolute Gasteiger partial charge is 0.394 e. The lowest BCUT2D eigenvalue weighted by Gasteiger charge is -2.70. The third kappa shape index (κ3) is 2.96. The SMILES string of the molecule is O=C(CC1CC1)N1[C@@H](CO)[C@@H](c2ccccc2)C12CN(Cc1ccccc1)C2. The molecule has 1 aliphatic carbocycles. The molecule has 0 aromatic heterocycles. The summed E-state index contributed by atoms with van der Waals surface area (Å²) in [6.45, 7) is 2.72. The zero-order valence-corrected chi connectivity index (χ0v) is 16.2. The number of aliphatic hydroxyl groups is 1. The normalized spacial score (nSPS) is 26.0. The molecule has 4 nitrogen and oxygen atoms in total. The van der Waals surface area contributed by atoms with E-state index in [0.29, 0.717) is 12.3 Å². The van der Waals surface area contributed by atoms with E-state index in [9.17, 15) is 9.90 Å². The van der Waals surface area contributed by atoms with Crippen LogP contribution in [0.25, 0.3) is 0 Å². The van der Waals surface area contributed by atoms with Gasteiger partial charge in [-0.25, -0.2) is 0 Å². The quantitative estimate of drug-likeness (QED) is 0.843. The first-order chi connectivity index (χ1) is 13.7. The summed E-state index contributed by atoms with van der Waals surface area (Å²) in [6, 6.07) is 20.9. The molecule has 1 amide bonds. The predicted molar refractivity (Wildman–Crippen MR) is 109 cm³/mol. The molecular weight excluding hydrogens is 348 g/mol. The van der Waals surface area contributed by atoms with E-state index in [0.717, 1.165) is 19.6 Å². The lowest BCUT2D eigenvalue weighted by molar-refractivity contribution is -0.202. The van der Waals surface area contributed by atoms with Crippen LogP contribution in [0.4, 0.5) is 0 Å². The number of likely N-dealkylation sites (tertiary alicyclic amines) is 2. The molecule has 0 bridgehead atoms. The Morgan fingerprint density at radius 3 is 2.25 bits per heavy atom. The Kier molecular flexibility index (Phi) is 4.48. The van der Waals surface area contributed by atoms with E-state index in [4.69, 9.17) is 0 Å². The Labute approximate surface area is 166 Å². The number of benzene rings is 2. The molecule has 1 spiro atoms. The molecule has 1 saturated carbocycles. The summed E-state index contributed by atoms with van der Waals surface area (Å²) in [5.74, 6) is 1.03. The van der Waals surface area contributed by atoms with Crippen LogP contribution in [0, 0.1) is 5.92 Å². The fourth-order valence-electron chi connectivity index (χ4n) is 5.42. The van der Waals surface area contributed by atoms with Crippen molar-refractivity contribution in [2.75, 3.05) is 19.7 Å². The summed E-state index contributed by atoms with van der Waals surface area (Å²) >= 11 is 0. The van der Waals surface area contributed by atoms with Crippen molar-refractivity contribution in [2.45, 2.75) is 43.3 Å². The summed E-state index contributed by atoms with van der Waals surface area (Å²) in [5.41, 5.74) is 2.40. The maximum atomic E-state index is 13.1. The lowest BCUT2D eigenvalue weighted by atomic mass is 9.60. The molecule has 2 aromatic carbocycles. The van der Waals surface area contributed by atoms with Gasteiger partial charge in [0.1, 0.15) is 0 Å². The maximum absolute atomic E-state index is 13.1. The van der Waals surface area contributed by atoms with E-state index in [1.54, 1.807) is 0 Å². The first kappa shape index (κ1) is 17.9. The van der Waals surface area contributed by atoms with Crippen LogP contribution < -0.4 is 0 Å². The highest BCUT2D eigenvalue weighted by atomic mass is 16.3. The molecule has 2 aliphatic heterocycles. The highest BCUT2D eigenvalue weighted by Gasteiger charge is 2.67. The van der Waals surface area contributed by atoms with Crippen LogP contribution in [0.15, 0.2) is 60.7 Å². The molecule has 0 unspecified atom stereocenters. The van der Waals surface area contributed by atoms with Crippen molar-refractivity contribution >= 4 is 5.91 Å². The van der Waals surface area contributed by atoms with Gasteiger partial charge in [0.25, 0.3) is 0 Å². The van der Waals surface area contributed by atoms with E-state index in [1.165, 1.54) is 24.0 Å². The molecule has 3 aliphatic rings. The minimum Gasteiger partial charge on any atom is -0.394 e. The van der Waals surface area contributed by atoms with Gasteiger partial charge in [-0.1, -0.05) is 60.7 Å². The zero-order chi connectivity index (χ0) is 19.1. The number of carbonyl (C=O) groups is 1. The van der Waals surface area contributed by atoms with Crippen LogP contribution in [-0.2, 0) is 11.3 Å². The predicted octanol–water partition coefficient (Wildman–Crippen LogP) is 3.03. The van der Waals surface area contributed by atoms with Crippen LogP contribution >= 0.6 is 0 Å². The third-order valence-electron chi connectivity index (χ3n) is 6.79. The Hall–Kier alpha value is -2.17. The number of aliphatic hydroxyl groups excluding tert-OH is 1. The summed E-state index contributed by atoms with van der Waals surface area (Å²) in [6.07, 6.45) is 3.01. The Bertz CT molecular complexity index is 828. The number of amides is 1. The van der Waals surface area contributed by atoms with Crippen LogP contribution in [0.2, 0.25) is 0 Å². The molecule has 2 aromatic rings. The fourth-order valence-corrected chi connectivity index (χ4v) is 5.42. The van der Waals surface area contributed by atoms with Crippen LogP contribution in [0.1, 0.15) is 36.3 Å². The van der Waals surface area contributed by atoms with Crippen LogP contribution in [0.5, 0.6) is 0 Å². The van der Waals surface area contributed by atoms with Crippen molar-refractivity contribution in [3.05, 3.63) is 71.8 Å². The molecule has 2 atom stereocenters. The molecule has 3 fully saturated rings. The first-order valence-electron chi connectivity index (χ1n) is 10.5. The van der Waals surface area contributed by atoms with Gasteiger partial charge < -0.3 is 10.0 Å².